The van der Waals surface area contributed by atoms with E-state index in [-0.39, 0.29) is 12.3 Å². The first-order valence-corrected chi connectivity index (χ1v) is 5.92. The summed E-state index contributed by atoms with van der Waals surface area (Å²) in [5.74, 6) is 0.595. The number of nitrogens with zero attached hydrogens (tertiary/aromatic N) is 1. The molecule has 0 aliphatic carbocycles. The molecule has 0 saturated carbocycles. The van der Waals surface area contributed by atoms with Crippen LogP contribution in [0.4, 0.5) is 13.2 Å². The standard InChI is InChI=1S/C14H13F3N2O/c1-9-2-3-10(8-18)13(19-9)20-12-6-4-11(5-7-12)14(15,16)17/h2-7H,8,18H2,1H3. The van der Waals surface area contributed by atoms with E-state index >= 15 is 0 Å². The molecule has 106 valence electrons. The lowest BCUT2D eigenvalue weighted by molar-refractivity contribution is -0.137. The summed E-state index contributed by atoms with van der Waals surface area (Å²) >= 11 is 0. The number of hydrogen-bond donors (Lipinski definition) is 1. The van der Waals surface area contributed by atoms with Crippen molar-refractivity contribution < 1.29 is 17.9 Å². The van der Waals surface area contributed by atoms with Gasteiger partial charge in [0.2, 0.25) is 5.88 Å². The number of halogens is 3. The van der Waals surface area contributed by atoms with Gasteiger partial charge in [-0.2, -0.15) is 13.2 Å². The monoisotopic (exact) mass is 282 g/mol. The predicted octanol–water partition coefficient (Wildman–Crippen LogP) is 3.66. The minimum Gasteiger partial charge on any atom is -0.439 e. The second-order valence-electron chi connectivity index (χ2n) is 4.25. The first kappa shape index (κ1) is 14.3. The van der Waals surface area contributed by atoms with Crippen LogP contribution >= 0.6 is 0 Å². The third-order valence-corrected chi connectivity index (χ3v) is 2.69. The van der Waals surface area contributed by atoms with Crippen LogP contribution in [-0.2, 0) is 12.7 Å². The summed E-state index contributed by atoms with van der Waals surface area (Å²) in [4.78, 5) is 4.19. The Morgan fingerprint density at radius 3 is 2.30 bits per heavy atom. The van der Waals surface area contributed by atoms with Gasteiger partial charge in [-0.3, -0.25) is 0 Å². The zero-order valence-corrected chi connectivity index (χ0v) is 10.7. The SMILES string of the molecule is Cc1ccc(CN)c(Oc2ccc(C(F)(F)F)cc2)n1. The Balaban J connectivity index is 2.24. The first-order chi connectivity index (χ1) is 9.40. The maximum absolute atomic E-state index is 12.4. The lowest BCUT2D eigenvalue weighted by atomic mass is 10.2. The molecule has 1 heterocycles. The van der Waals surface area contributed by atoms with Gasteiger partial charge in [0.1, 0.15) is 5.75 Å². The normalized spacial score (nSPS) is 11.4. The van der Waals surface area contributed by atoms with E-state index < -0.39 is 11.7 Å². The summed E-state index contributed by atoms with van der Waals surface area (Å²) in [7, 11) is 0. The molecule has 0 saturated heterocycles. The van der Waals surface area contributed by atoms with Crippen LogP contribution in [0.25, 0.3) is 0 Å². The average molecular weight is 282 g/mol. The quantitative estimate of drug-likeness (QED) is 0.934. The van der Waals surface area contributed by atoms with Crippen LogP contribution < -0.4 is 10.5 Å². The van der Waals surface area contributed by atoms with Crippen molar-refractivity contribution in [1.29, 1.82) is 0 Å². The molecule has 0 unspecified atom stereocenters. The van der Waals surface area contributed by atoms with Gasteiger partial charge in [0.25, 0.3) is 0 Å². The second kappa shape index (κ2) is 5.50. The Bertz CT molecular complexity index is 594. The molecule has 0 bridgehead atoms. The molecule has 0 aliphatic heterocycles. The molecule has 0 aliphatic rings. The van der Waals surface area contributed by atoms with Gasteiger partial charge in [0.15, 0.2) is 0 Å². The molecule has 0 amide bonds. The lowest BCUT2D eigenvalue weighted by Gasteiger charge is -2.11. The molecular formula is C14H13F3N2O. The summed E-state index contributed by atoms with van der Waals surface area (Å²) < 4.78 is 42.8. The van der Waals surface area contributed by atoms with Crippen molar-refractivity contribution in [1.82, 2.24) is 4.98 Å². The van der Waals surface area contributed by atoms with Gasteiger partial charge in [0, 0.05) is 17.8 Å². The van der Waals surface area contributed by atoms with Gasteiger partial charge in [-0.05, 0) is 37.3 Å². The van der Waals surface area contributed by atoms with Crippen LogP contribution in [0.15, 0.2) is 36.4 Å². The molecular weight excluding hydrogens is 269 g/mol. The molecule has 0 fully saturated rings. The molecule has 3 nitrogen and oxygen atoms in total. The highest BCUT2D eigenvalue weighted by Gasteiger charge is 2.30. The van der Waals surface area contributed by atoms with E-state index in [4.69, 9.17) is 10.5 Å². The van der Waals surface area contributed by atoms with E-state index in [1.165, 1.54) is 12.1 Å². The third kappa shape index (κ3) is 3.27. The summed E-state index contributed by atoms with van der Waals surface area (Å²) in [6, 6.07) is 8.02. The maximum Gasteiger partial charge on any atom is 0.416 e. The van der Waals surface area contributed by atoms with E-state index in [1.54, 1.807) is 19.1 Å². The Hall–Kier alpha value is -2.08. The van der Waals surface area contributed by atoms with Crippen molar-refractivity contribution >= 4 is 0 Å². The Labute approximate surface area is 114 Å². The highest BCUT2D eigenvalue weighted by atomic mass is 19.4. The van der Waals surface area contributed by atoms with Crippen molar-refractivity contribution in [2.24, 2.45) is 5.73 Å². The van der Waals surface area contributed by atoms with Crippen LogP contribution in [0.1, 0.15) is 16.8 Å². The van der Waals surface area contributed by atoms with Crippen LogP contribution in [0.3, 0.4) is 0 Å². The molecule has 6 heteroatoms. The van der Waals surface area contributed by atoms with Gasteiger partial charge in [-0.15, -0.1) is 0 Å². The zero-order valence-electron chi connectivity index (χ0n) is 10.7. The van der Waals surface area contributed by atoms with Gasteiger partial charge in [0.05, 0.1) is 5.56 Å². The lowest BCUT2D eigenvalue weighted by Crippen LogP contribution is -2.05. The topological polar surface area (TPSA) is 48.1 Å². The summed E-state index contributed by atoms with van der Waals surface area (Å²) in [5.41, 5.74) is 6.28. The highest BCUT2D eigenvalue weighted by Crippen LogP contribution is 2.31. The molecule has 20 heavy (non-hydrogen) atoms. The molecule has 1 aromatic carbocycles. The minimum absolute atomic E-state index is 0.239. The van der Waals surface area contributed by atoms with E-state index in [0.29, 0.717) is 11.4 Å². The summed E-state index contributed by atoms with van der Waals surface area (Å²) in [6.45, 7) is 2.03. The average Bonchev–Trinajstić information content (AvgIpc) is 2.38. The van der Waals surface area contributed by atoms with Crippen LogP contribution in [-0.4, -0.2) is 4.98 Å². The smallest absolute Gasteiger partial charge is 0.416 e. The Morgan fingerprint density at radius 2 is 1.75 bits per heavy atom. The number of nitrogens with two attached hydrogens (primary N) is 1. The molecule has 1 aromatic heterocycles. The van der Waals surface area contributed by atoms with Crippen LogP contribution in [0.2, 0.25) is 0 Å². The Kier molecular flexibility index (Phi) is 3.94. The number of hydrogen-bond acceptors (Lipinski definition) is 3. The second-order valence-corrected chi connectivity index (χ2v) is 4.25. The summed E-state index contributed by atoms with van der Waals surface area (Å²) in [5, 5.41) is 0. The van der Waals surface area contributed by atoms with Gasteiger partial charge < -0.3 is 10.5 Å². The molecule has 2 rings (SSSR count). The number of ether oxygens (including phenoxy) is 1. The molecule has 2 N–H and O–H groups in total. The van der Waals surface area contributed by atoms with E-state index in [9.17, 15) is 13.2 Å². The van der Waals surface area contributed by atoms with Crippen molar-refractivity contribution in [3.05, 3.63) is 53.2 Å². The van der Waals surface area contributed by atoms with Crippen LogP contribution in [0.5, 0.6) is 11.6 Å². The predicted molar refractivity (Wildman–Crippen MR) is 68.4 cm³/mol. The summed E-state index contributed by atoms with van der Waals surface area (Å²) in [6.07, 6.45) is -4.36. The van der Waals surface area contributed by atoms with Crippen molar-refractivity contribution in [3.63, 3.8) is 0 Å². The number of rotatable bonds is 3. The van der Waals surface area contributed by atoms with Gasteiger partial charge >= 0.3 is 6.18 Å². The third-order valence-electron chi connectivity index (χ3n) is 2.69. The number of aryl methyl sites for hydroxylation is 1. The van der Waals surface area contributed by atoms with E-state index in [2.05, 4.69) is 4.98 Å². The molecule has 0 atom stereocenters. The molecule has 0 radical (unpaired) electrons. The zero-order chi connectivity index (χ0) is 14.8. The Morgan fingerprint density at radius 1 is 1.10 bits per heavy atom. The number of alkyl halides is 3. The number of aromatic nitrogens is 1. The van der Waals surface area contributed by atoms with Crippen LogP contribution in [0, 0.1) is 6.92 Å². The number of pyridine rings is 1. The van der Waals surface area contributed by atoms with Gasteiger partial charge in [-0.25, -0.2) is 4.98 Å². The van der Waals surface area contributed by atoms with Crippen molar-refractivity contribution in [2.75, 3.05) is 0 Å². The molecule has 0 spiro atoms. The highest BCUT2D eigenvalue weighted by molar-refractivity contribution is 5.35. The molecule has 2 aromatic rings. The maximum atomic E-state index is 12.4. The largest absolute Gasteiger partial charge is 0.439 e. The van der Waals surface area contributed by atoms with Gasteiger partial charge in [-0.1, -0.05) is 6.07 Å². The van der Waals surface area contributed by atoms with Crippen molar-refractivity contribution in [3.8, 4) is 11.6 Å². The fourth-order valence-electron chi connectivity index (χ4n) is 1.63. The minimum atomic E-state index is -4.36. The van der Waals surface area contributed by atoms with E-state index in [1.807, 2.05) is 0 Å². The number of benzene rings is 1. The fraction of sp³-hybridized carbons (Fsp3) is 0.214. The fourth-order valence-corrected chi connectivity index (χ4v) is 1.63. The first-order valence-electron chi connectivity index (χ1n) is 5.92. The van der Waals surface area contributed by atoms with Crippen molar-refractivity contribution in [2.45, 2.75) is 19.6 Å². The van der Waals surface area contributed by atoms with E-state index in [0.717, 1.165) is 17.8 Å².